The minimum atomic E-state index is -0.387. The molecule has 0 bridgehead atoms. The lowest BCUT2D eigenvalue weighted by Gasteiger charge is -2.41. The van der Waals surface area contributed by atoms with Gasteiger partial charge in [0.1, 0.15) is 5.75 Å². The molecule has 6 nitrogen and oxygen atoms in total. The van der Waals surface area contributed by atoms with Gasteiger partial charge in [-0.1, -0.05) is 12.1 Å². The van der Waals surface area contributed by atoms with Gasteiger partial charge in [0.15, 0.2) is 0 Å². The Bertz CT molecular complexity index is 1630. The van der Waals surface area contributed by atoms with Gasteiger partial charge < -0.3 is 15.0 Å². The molecule has 1 amide bonds. The Balaban J connectivity index is 1.16. The van der Waals surface area contributed by atoms with Gasteiger partial charge in [-0.05, 0) is 125 Å². The maximum absolute atomic E-state index is 13.9. The summed E-state index contributed by atoms with van der Waals surface area (Å²) in [6, 6.07) is 19.6. The second kappa shape index (κ2) is 11.2. The SMILES string of the molecule is Cc1ccc(OC([SiH3])[C@@H]2CCN2C)cc1C(=O)NC1(c2cc(-c3ccc(CN4CCCC4)s3)cc3ncccc23)CC1. The number of hydrogen-bond donors (Lipinski definition) is 1. The van der Waals surface area contributed by atoms with Gasteiger partial charge in [0.05, 0.1) is 27.0 Å². The van der Waals surface area contributed by atoms with Crippen LogP contribution in [-0.2, 0) is 12.1 Å². The zero-order valence-electron chi connectivity index (χ0n) is 24.9. The summed E-state index contributed by atoms with van der Waals surface area (Å²) >= 11 is 1.88. The second-order valence-corrected chi connectivity index (χ2v) is 14.8. The van der Waals surface area contributed by atoms with E-state index < -0.39 is 0 Å². The summed E-state index contributed by atoms with van der Waals surface area (Å²) in [5.74, 6) is 0.752. The molecular formula is C34H40N4O2SSi. The first-order valence-electron chi connectivity index (χ1n) is 15.4. The summed E-state index contributed by atoms with van der Waals surface area (Å²) in [6.07, 6.45) is 7.49. The van der Waals surface area contributed by atoms with Gasteiger partial charge in [-0.3, -0.25) is 14.7 Å². The van der Waals surface area contributed by atoms with Gasteiger partial charge in [-0.25, -0.2) is 0 Å². The quantitative estimate of drug-likeness (QED) is 0.274. The first-order chi connectivity index (χ1) is 20.4. The van der Waals surface area contributed by atoms with E-state index in [0.717, 1.165) is 58.4 Å². The average molecular weight is 597 g/mol. The van der Waals surface area contributed by atoms with E-state index >= 15 is 0 Å². The Morgan fingerprint density at radius 2 is 1.98 bits per heavy atom. The van der Waals surface area contributed by atoms with E-state index in [0.29, 0.717) is 11.6 Å². The van der Waals surface area contributed by atoms with Gasteiger partial charge in [-0.15, -0.1) is 11.3 Å². The first kappa shape index (κ1) is 27.8. The summed E-state index contributed by atoms with van der Waals surface area (Å²) < 4.78 is 6.36. The van der Waals surface area contributed by atoms with Crippen molar-refractivity contribution < 1.29 is 9.53 Å². The molecule has 3 fully saturated rings. The number of carbonyl (C=O) groups excluding carboxylic acids is 1. The third-order valence-electron chi connectivity index (χ3n) is 9.52. The van der Waals surface area contributed by atoms with Crippen LogP contribution in [0.4, 0.5) is 0 Å². The molecule has 2 aromatic heterocycles. The number of nitrogens with one attached hydrogen (secondary N) is 1. The fourth-order valence-electron chi connectivity index (χ4n) is 6.71. The lowest BCUT2D eigenvalue weighted by atomic mass is 9.95. The number of thiophene rings is 1. The third kappa shape index (κ3) is 5.41. The summed E-state index contributed by atoms with van der Waals surface area (Å²) in [6.45, 7) is 6.57. The van der Waals surface area contributed by atoms with Crippen molar-refractivity contribution in [2.24, 2.45) is 0 Å². The van der Waals surface area contributed by atoms with Gasteiger partial charge in [0.25, 0.3) is 5.91 Å². The molecule has 2 saturated heterocycles. The van der Waals surface area contributed by atoms with Crippen molar-refractivity contribution >= 4 is 38.4 Å². The van der Waals surface area contributed by atoms with E-state index in [2.05, 4.69) is 52.5 Å². The molecule has 1 N–H and O–H groups in total. The number of amides is 1. The van der Waals surface area contributed by atoms with E-state index in [1.165, 1.54) is 53.2 Å². The number of likely N-dealkylation sites (tertiary alicyclic amines) is 2. The van der Waals surface area contributed by atoms with Gasteiger partial charge >= 0.3 is 0 Å². The highest BCUT2D eigenvalue weighted by Crippen LogP contribution is 2.49. The molecule has 4 heterocycles. The lowest BCUT2D eigenvalue weighted by Crippen LogP contribution is -2.53. The molecule has 218 valence electrons. The van der Waals surface area contributed by atoms with Crippen LogP contribution in [0.25, 0.3) is 21.3 Å². The number of fused-ring (bicyclic) bond motifs is 1. The Morgan fingerprint density at radius 3 is 2.71 bits per heavy atom. The number of ether oxygens (including phenoxy) is 1. The molecule has 3 aliphatic rings. The number of nitrogens with zero attached hydrogens (tertiary/aromatic N) is 3. The van der Waals surface area contributed by atoms with Crippen LogP contribution in [0, 0.1) is 6.92 Å². The predicted octanol–water partition coefficient (Wildman–Crippen LogP) is 5.06. The van der Waals surface area contributed by atoms with Crippen LogP contribution in [0.15, 0.2) is 60.8 Å². The summed E-state index contributed by atoms with van der Waals surface area (Å²) in [7, 11) is 3.11. The highest BCUT2D eigenvalue weighted by atomic mass is 32.1. The zero-order valence-corrected chi connectivity index (χ0v) is 27.7. The van der Waals surface area contributed by atoms with Crippen LogP contribution in [0.3, 0.4) is 0 Å². The Hall–Kier alpha value is -3.04. The molecule has 7 rings (SSSR count). The fraction of sp³-hybridized carbons (Fsp3) is 0.412. The Morgan fingerprint density at radius 1 is 1.14 bits per heavy atom. The van der Waals surface area contributed by atoms with Crippen molar-refractivity contribution in [2.75, 3.05) is 26.7 Å². The van der Waals surface area contributed by atoms with Crippen molar-refractivity contribution in [3.63, 3.8) is 0 Å². The van der Waals surface area contributed by atoms with Crippen molar-refractivity contribution in [1.29, 1.82) is 0 Å². The number of benzene rings is 2. The largest absolute Gasteiger partial charge is 0.494 e. The number of hydrogen-bond acceptors (Lipinski definition) is 6. The molecule has 2 aromatic carbocycles. The molecular weight excluding hydrogens is 557 g/mol. The van der Waals surface area contributed by atoms with Crippen molar-refractivity contribution in [2.45, 2.75) is 62.9 Å². The van der Waals surface area contributed by atoms with E-state index in [1.807, 2.05) is 48.7 Å². The van der Waals surface area contributed by atoms with Crippen LogP contribution in [0.1, 0.15) is 58.5 Å². The monoisotopic (exact) mass is 596 g/mol. The van der Waals surface area contributed by atoms with Crippen molar-refractivity contribution in [3.8, 4) is 16.2 Å². The van der Waals surface area contributed by atoms with Crippen molar-refractivity contribution in [1.82, 2.24) is 20.1 Å². The third-order valence-corrected chi connectivity index (χ3v) is 11.6. The van der Waals surface area contributed by atoms with Gasteiger partial charge in [0.2, 0.25) is 0 Å². The lowest BCUT2D eigenvalue weighted by molar-refractivity contribution is 0.0562. The van der Waals surface area contributed by atoms with Crippen LogP contribution in [0.5, 0.6) is 5.75 Å². The molecule has 0 radical (unpaired) electrons. The van der Waals surface area contributed by atoms with Crippen LogP contribution in [0.2, 0.25) is 0 Å². The molecule has 2 atom stereocenters. The molecule has 8 heteroatoms. The van der Waals surface area contributed by atoms with E-state index in [-0.39, 0.29) is 17.2 Å². The Kier molecular flexibility index (Phi) is 7.42. The van der Waals surface area contributed by atoms with Gasteiger partial charge in [0, 0.05) is 39.5 Å². The minimum Gasteiger partial charge on any atom is -0.494 e. The Labute approximate surface area is 255 Å². The minimum absolute atomic E-state index is 0.0347. The smallest absolute Gasteiger partial charge is 0.252 e. The number of rotatable bonds is 9. The first-order valence-corrected chi connectivity index (χ1v) is 17.4. The number of likely N-dealkylation sites (N-methyl/N-ethyl adjacent to an activating group) is 1. The van der Waals surface area contributed by atoms with Crippen LogP contribution in [-0.4, -0.2) is 69.4 Å². The molecule has 1 unspecified atom stereocenters. The van der Waals surface area contributed by atoms with Crippen molar-refractivity contribution in [3.05, 3.63) is 82.4 Å². The molecule has 1 saturated carbocycles. The van der Waals surface area contributed by atoms with E-state index in [9.17, 15) is 4.79 Å². The number of aryl methyl sites for hydroxylation is 1. The topological polar surface area (TPSA) is 57.7 Å². The zero-order chi connectivity index (χ0) is 28.8. The average Bonchev–Trinajstić information content (AvgIpc) is 3.33. The summed E-state index contributed by atoms with van der Waals surface area (Å²) in [5.41, 5.74) is 4.81. The molecule has 4 aromatic rings. The molecule has 0 spiro atoms. The standard InChI is InChI=1S/C34H40N4O2SSi/c1-22-7-8-24(40-33(42)30-11-17-37(30)2)20-27(22)32(39)36-34(12-13-34)28-18-23(19-29-26(28)6-5-14-35-29)31-10-9-25(41-31)21-38-15-3-4-16-38/h5-10,14,18-20,30,33H,3-4,11-13,15-17,21H2,1-2,42H3,(H,36,39)/t30-,33?/m0/s1. The highest BCUT2D eigenvalue weighted by molar-refractivity contribution is 7.15. The fourth-order valence-corrected chi connectivity index (χ4v) is 8.86. The number of aromatic nitrogens is 1. The second-order valence-electron chi connectivity index (χ2n) is 12.5. The maximum atomic E-state index is 13.9. The van der Waals surface area contributed by atoms with Crippen LogP contribution >= 0.6 is 11.3 Å². The number of pyridine rings is 1. The summed E-state index contributed by atoms with van der Waals surface area (Å²) in [5, 5.41) is 4.59. The number of carbonyl (C=O) groups is 1. The normalized spacial score (nSPS) is 20.9. The maximum Gasteiger partial charge on any atom is 0.252 e. The summed E-state index contributed by atoms with van der Waals surface area (Å²) in [4.78, 5) is 26.2. The molecule has 42 heavy (non-hydrogen) atoms. The highest BCUT2D eigenvalue weighted by Gasteiger charge is 2.47. The molecule has 2 aliphatic heterocycles. The predicted molar refractivity (Wildman–Crippen MR) is 175 cm³/mol. The van der Waals surface area contributed by atoms with Crippen LogP contribution < -0.4 is 10.1 Å². The van der Waals surface area contributed by atoms with Gasteiger partial charge in [-0.2, -0.15) is 0 Å². The molecule has 1 aliphatic carbocycles. The van der Waals surface area contributed by atoms with E-state index in [1.54, 1.807) is 0 Å². The van der Waals surface area contributed by atoms with E-state index in [4.69, 9.17) is 9.72 Å².